The average Bonchev–Trinajstić information content (AvgIpc) is 3.27. The molecule has 3 aromatic rings. The van der Waals surface area contributed by atoms with E-state index in [0.717, 1.165) is 54.0 Å². The van der Waals surface area contributed by atoms with Gasteiger partial charge in [0.2, 0.25) is 0 Å². The van der Waals surface area contributed by atoms with Crippen LogP contribution in [0.1, 0.15) is 50.5 Å². The molecule has 2 amide bonds. The van der Waals surface area contributed by atoms with Gasteiger partial charge in [0, 0.05) is 11.1 Å². The molecular formula is C21H22N4O3S. The Bertz CT molecular complexity index is 1050. The average molecular weight is 410 g/mol. The van der Waals surface area contributed by atoms with E-state index in [1.807, 2.05) is 24.3 Å². The first-order valence-electron chi connectivity index (χ1n) is 9.52. The summed E-state index contributed by atoms with van der Waals surface area (Å²) in [4.78, 5) is 26.0. The van der Waals surface area contributed by atoms with Crippen molar-refractivity contribution >= 4 is 28.2 Å². The van der Waals surface area contributed by atoms with Gasteiger partial charge in [0.15, 0.2) is 5.69 Å². The number of aryl methyl sites for hydroxylation is 1. The molecule has 0 radical (unpaired) electrons. The second-order valence-corrected chi connectivity index (χ2v) is 8.04. The SMILES string of the molecule is COc1ccc(-n2ccc(C(=O)Nc3sc4c(c3C(N)=O)CCCCC4)n2)cc1. The van der Waals surface area contributed by atoms with Crippen LogP contribution in [0.4, 0.5) is 5.00 Å². The van der Waals surface area contributed by atoms with Gasteiger partial charge in [0.25, 0.3) is 11.8 Å². The van der Waals surface area contributed by atoms with Crippen molar-refractivity contribution in [1.82, 2.24) is 9.78 Å². The molecule has 29 heavy (non-hydrogen) atoms. The number of benzene rings is 1. The van der Waals surface area contributed by atoms with Crippen LogP contribution in [0.3, 0.4) is 0 Å². The van der Waals surface area contributed by atoms with Crippen molar-refractivity contribution in [2.45, 2.75) is 32.1 Å². The number of nitrogens with zero attached hydrogens (tertiary/aromatic N) is 2. The van der Waals surface area contributed by atoms with Crippen LogP contribution in [-0.2, 0) is 12.8 Å². The van der Waals surface area contributed by atoms with Crippen molar-refractivity contribution in [2.24, 2.45) is 5.73 Å². The zero-order chi connectivity index (χ0) is 20.4. The number of nitrogens with one attached hydrogen (secondary N) is 1. The summed E-state index contributed by atoms with van der Waals surface area (Å²) in [6, 6.07) is 9.01. The number of methoxy groups -OCH3 is 1. The topological polar surface area (TPSA) is 99.2 Å². The Kier molecular flexibility index (Phi) is 5.35. The number of hydrogen-bond donors (Lipinski definition) is 2. The molecule has 1 aromatic carbocycles. The van der Waals surface area contributed by atoms with Gasteiger partial charge in [-0.1, -0.05) is 6.42 Å². The fourth-order valence-corrected chi connectivity index (χ4v) is 4.87. The van der Waals surface area contributed by atoms with Crippen molar-refractivity contribution < 1.29 is 14.3 Å². The lowest BCUT2D eigenvalue weighted by Crippen LogP contribution is -2.18. The molecule has 0 unspecified atom stereocenters. The molecule has 7 nitrogen and oxygen atoms in total. The standard InChI is InChI=1S/C21H22N4O3S/c1-28-14-9-7-13(8-10-14)25-12-11-16(24-25)20(27)23-21-18(19(22)26)15-5-3-2-4-6-17(15)29-21/h7-12H,2-6H2,1H3,(H2,22,26)(H,23,27). The van der Waals surface area contributed by atoms with Crippen LogP contribution in [0.25, 0.3) is 5.69 Å². The number of hydrogen-bond acceptors (Lipinski definition) is 5. The maximum absolute atomic E-state index is 12.8. The molecule has 0 saturated carbocycles. The van der Waals surface area contributed by atoms with Gasteiger partial charge in [0.1, 0.15) is 10.8 Å². The first-order chi connectivity index (χ1) is 14.1. The van der Waals surface area contributed by atoms with Crippen LogP contribution in [0.5, 0.6) is 5.75 Å². The Morgan fingerprint density at radius 2 is 1.90 bits per heavy atom. The minimum atomic E-state index is -0.497. The van der Waals surface area contributed by atoms with E-state index in [0.29, 0.717) is 10.6 Å². The maximum Gasteiger partial charge on any atom is 0.276 e. The van der Waals surface area contributed by atoms with Gasteiger partial charge < -0.3 is 15.8 Å². The number of carbonyl (C=O) groups is 2. The van der Waals surface area contributed by atoms with E-state index in [4.69, 9.17) is 10.5 Å². The minimum absolute atomic E-state index is 0.264. The number of ether oxygens (including phenoxy) is 1. The van der Waals surface area contributed by atoms with Gasteiger partial charge in [-0.05, 0) is 61.6 Å². The van der Waals surface area contributed by atoms with E-state index in [1.165, 1.54) is 11.3 Å². The third kappa shape index (κ3) is 3.88. The molecule has 1 aliphatic rings. The number of primary amides is 1. The number of amides is 2. The highest BCUT2D eigenvalue weighted by atomic mass is 32.1. The number of nitrogens with two attached hydrogens (primary N) is 1. The molecule has 2 heterocycles. The van der Waals surface area contributed by atoms with Gasteiger partial charge in [0.05, 0.1) is 18.4 Å². The normalized spacial score (nSPS) is 13.4. The molecular weight excluding hydrogens is 388 g/mol. The Morgan fingerprint density at radius 3 is 2.62 bits per heavy atom. The van der Waals surface area contributed by atoms with Crippen LogP contribution >= 0.6 is 11.3 Å². The predicted octanol–water partition coefficient (Wildman–Crippen LogP) is 3.56. The summed E-state index contributed by atoms with van der Waals surface area (Å²) in [5.74, 6) is -0.116. The number of fused-ring (bicyclic) bond motifs is 1. The third-order valence-corrected chi connectivity index (χ3v) is 6.26. The summed E-state index contributed by atoms with van der Waals surface area (Å²) < 4.78 is 6.78. The van der Waals surface area contributed by atoms with Crippen LogP contribution in [0.15, 0.2) is 36.5 Å². The van der Waals surface area contributed by atoms with Gasteiger partial charge in [-0.3, -0.25) is 9.59 Å². The number of carbonyl (C=O) groups excluding carboxylic acids is 2. The molecule has 0 saturated heterocycles. The first-order valence-corrected chi connectivity index (χ1v) is 10.3. The molecule has 1 aliphatic carbocycles. The summed E-state index contributed by atoms with van der Waals surface area (Å²) >= 11 is 1.45. The van der Waals surface area contributed by atoms with E-state index in [1.54, 1.807) is 24.1 Å². The second kappa shape index (κ2) is 8.08. The largest absolute Gasteiger partial charge is 0.497 e. The molecule has 0 aliphatic heterocycles. The fourth-order valence-electron chi connectivity index (χ4n) is 3.58. The minimum Gasteiger partial charge on any atom is -0.497 e. The van der Waals surface area contributed by atoms with Crippen molar-refractivity contribution in [3.63, 3.8) is 0 Å². The Hall–Kier alpha value is -3.13. The molecule has 2 aromatic heterocycles. The Morgan fingerprint density at radius 1 is 1.14 bits per heavy atom. The fraction of sp³-hybridized carbons (Fsp3) is 0.286. The van der Waals surface area contributed by atoms with Crippen molar-refractivity contribution in [3.05, 3.63) is 58.2 Å². The molecule has 0 bridgehead atoms. The zero-order valence-electron chi connectivity index (χ0n) is 16.1. The molecule has 3 N–H and O–H groups in total. The van der Waals surface area contributed by atoms with Gasteiger partial charge >= 0.3 is 0 Å². The summed E-state index contributed by atoms with van der Waals surface area (Å²) in [5.41, 5.74) is 8.17. The highest BCUT2D eigenvalue weighted by molar-refractivity contribution is 7.17. The lowest BCUT2D eigenvalue weighted by atomic mass is 10.1. The smallest absolute Gasteiger partial charge is 0.276 e. The van der Waals surface area contributed by atoms with Gasteiger partial charge in [-0.2, -0.15) is 5.10 Å². The lowest BCUT2D eigenvalue weighted by Gasteiger charge is -2.05. The van der Waals surface area contributed by atoms with Crippen LogP contribution < -0.4 is 15.8 Å². The number of anilines is 1. The van der Waals surface area contributed by atoms with E-state index >= 15 is 0 Å². The van der Waals surface area contributed by atoms with Crippen molar-refractivity contribution in [2.75, 3.05) is 12.4 Å². The van der Waals surface area contributed by atoms with Crippen LogP contribution in [-0.4, -0.2) is 28.7 Å². The highest BCUT2D eigenvalue weighted by Crippen LogP contribution is 2.37. The highest BCUT2D eigenvalue weighted by Gasteiger charge is 2.25. The summed E-state index contributed by atoms with van der Waals surface area (Å²) in [7, 11) is 1.61. The number of thiophene rings is 1. The molecule has 8 heteroatoms. The van der Waals surface area contributed by atoms with E-state index in [2.05, 4.69) is 10.4 Å². The predicted molar refractivity (Wildman–Crippen MR) is 112 cm³/mol. The monoisotopic (exact) mass is 410 g/mol. The Labute approximate surface area is 172 Å². The van der Waals surface area contributed by atoms with Gasteiger partial charge in [-0.15, -0.1) is 11.3 Å². The third-order valence-electron chi connectivity index (χ3n) is 5.05. The molecule has 4 rings (SSSR count). The van der Waals surface area contributed by atoms with Crippen molar-refractivity contribution in [1.29, 1.82) is 0 Å². The van der Waals surface area contributed by atoms with E-state index in [-0.39, 0.29) is 11.6 Å². The number of aromatic nitrogens is 2. The van der Waals surface area contributed by atoms with Crippen LogP contribution in [0, 0.1) is 0 Å². The summed E-state index contributed by atoms with van der Waals surface area (Å²) in [6.07, 6.45) is 6.72. The maximum atomic E-state index is 12.8. The summed E-state index contributed by atoms with van der Waals surface area (Å²) in [5, 5.41) is 7.73. The zero-order valence-corrected chi connectivity index (χ0v) is 16.9. The molecule has 0 fully saturated rings. The second-order valence-electron chi connectivity index (χ2n) is 6.93. The van der Waals surface area contributed by atoms with Crippen molar-refractivity contribution in [3.8, 4) is 11.4 Å². The van der Waals surface area contributed by atoms with E-state index in [9.17, 15) is 9.59 Å². The van der Waals surface area contributed by atoms with E-state index < -0.39 is 5.91 Å². The molecule has 0 atom stereocenters. The lowest BCUT2D eigenvalue weighted by molar-refractivity contribution is 0.100. The van der Waals surface area contributed by atoms with Gasteiger partial charge in [-0.25, -0.2) is 4.68 Å². The Balaban J connectivity index is 1.57. The quantitative estimate of drug-likeness (QED) is 0.628. The first kappa shape index (κ1) is 19.2. The molecule has 0 spiro atoms. The number of rotatable bonds is 5. The summed E-state index contributed by atoms with van der Waals surface area (Å²) in [6.45, 7) is 0. The molecule has 150 valence electrons. The van der Waals surface area contributed by atoms with Crippen LogP contribution in [0.2, 0.25) is 0 Å².